The van der Waals surface area contributed by atoms with E-state index < -0.39 is 0 Å². The van der Waals surface area contributed by atoms with E-state index in [2.05, 4.69) is 10.1 Å². The molecule has 3 aromatic rings. The molecule has 3 rings (SSSR count). The van der Waals surface area contributed by atoms with Crippen molar-refractivity contribution in [3.63, 3.8) is 0 Å². The summed E-state index contributed by atoms with van der Waals surface area (Å²) in [4.78, 5) is 4.21. The van der Waals surface area contributed by atoms with Crippen molar-refractivity contribution in [2.45, 2.75) is 0 Å². The standard InChI is InChI=1S/C12H8ClN3/c13-10-5-2-1-4-9(10)11-8-12-14-6-3-7-16(12)15-11/h1-8H. The number of fused-ring (bicyclic) bond motifs is 1. The number of aromatic nitrogens is 3. The Balaban J connectivity index is 2.23. The van der Waals surface area contributed by atoms with Crippen molar-refractivity contribution in [3.05, 3.63) is 53.8 Å². The molecule has 78 valence electrons. The summed E-state index contributed by atoms with van der Waals surface area (Å²) in [5.74, 6) is 0. The van der Waals surface area contributed by atoms with Gasteiger partial charge in [-0.15, -0.1) is 0 Å². The Hall–Kier alpha value is -1.87. The summed E-state index contributed by atoms with van der Waals surface area (Å²) in [5, 5.41) is 5.11. The molecule has 3 nitrogen and oxygen atoms in total. The van der Waals surface area contributed by atoms with E-state index in [-0.39, 0.29) is 0 Å². The predicted molar refractivity (Wildman–Crippen MR) is 63.4 cm³/mol. The highest BCUT2D eigenvalue weighted by Crippen LogP contribution is 2.26. The van der Waals surface area contributed by atoms with Gasteiger partial charge < -0.3 is 0 Å². The van der Waals surface area contributed by atoms with Crippen LogP contribution in [0.1, 0.15) is 0 Å². The van der Waals surface area contributed by atoms with Crippen molar-refractivity contribution in [1.29, 1.82) is 0 Å². The molecule has 1 aromatic carbocycles. The van der Waals surface area contributed by atoms with Gasteiger partial charge in [-0.3, -0.25) is 0 Å². The molecular formula is C12H8ClN3. The minimum Gasteiger partial charge on any atom is -0.237 e. The van der Waals surface area contributed by atoms with Crippen LogP contribution in [0.4, 0.5) is 0 Å². The van der Waals surface area contributed by atoms with Gasteiger partial charge in [0, 0.05) is 24.0 Å². The van der Waals surface area contributed by atoms with Crippen molar-refractivity contribution in [1.82, 2.24) is 14.6 Å². The Morgan fingerprint density at radius 3 is 2.81 bits per heavy atom. The zero-order valence-corrected chi connectivity index (χ0v) is 9.09. The fourth-order valence-electron chi connectivity index (χ4n) is 1.63. The van der Waals surface area contributed by atoms with Gasteiger partial charge in [0.2, 0.25) is 0 Å². The lowest BCUT2D eigenvalue weighted by Crippen LogP contribution is -1.87. The molecular weight excluding hydrogens is 222 g/mol. The normalized spacial score (nSPS) is 10.8. The van der Waals surface area contributed by atoms with Crippen LogP contribution in [0.5, 0.6) is 0 Å². The van der Waals surface area contributed by atoms with Crippen LogP contribution in [0.3, 0.4) is 0 Å². The zero-order chi connectivity index (χ0) is 11.0. The van der Waals surface area contributed by atoms with Crippen LogP contribution in [0.2, 0.25) is 5.02 Å². The van der Waals surface area contributed by atoms with E-state index in [1.807, 2.05) is 42.6 Å². The molecule has 0 saturated carbocycles. The van der Waals surface area contributed by atoms with Crippen LogP contribution in [-0.4, -0.2) is 14.6 Å². The number of hydrogen-bond acceptors (Lipinski definition) is 2. The second kappa shape index (κ2) is 3.61. The molecule has 0 N–H and O–H groups in total. The largest absolute Gasteiger partial charge is 0.237 e. The molecule has 2 aromatic heterocycles. The van der Waals surface area contributed by atoms with E-state index in [1.54, 1.807) is 10.7 Å². The third-order valence-electron chi connectivity index (χ3n) is 2.39. The highest BCUT2D eigenvalue weighted by Gasteiger charge is 2.07. The Kier molecular flexibility index (Phi) is 2.11. The molecule has 4 heteroatoms. The van der Waals surface area contributed by atoms with Gasteiger partial charge in [0.1, 0.15) is 0 Å². The molecule has 16 heavy (non-hydrogen) atoms. The summed E-state index contributed by atoms with van der Waals surface area (Å²) in [6.45, 7) is 0. The van der Waals surface area contributed by atoms with Crippen molar-refractivity contribution < 1.29 is 0 Å². The zero-order valence-electron chi connectivity index (χ0n) is 8.34. The number of nitrogens with zero attached hydrogens (tertiary/aromatic N) is 3. The molecule has 2 heterocycles. The fraction of sp³-hybridized carbons (Fsp3) is 0. The average Bonchev–Trinajstić information content (AvgIpc) is 2.73. The minimum atomic E-state index is 0.700. The summed E-state index contributed by atoms with van der Waals surface area (Å²) in [6, 6.07) is 11.4. The van der Waals surface area contributed by atoms with Gasteiger partial charge in [-0.25, -0.2) is 9.50 Å². The monoisotopic (exact) mass is 229 g/mol. The van der Waals surface area contributed by atoms with Gasteiger partial charge in [-0.05, 0) is 12.1 Å². The van der Waals surface area contributed by atoms with Gasteiger partial charge in [0.25, 0.3) is 0 Å². The Labute approximate surface area is 97.3 Å². The van der Waals surface area contributed by atoms with Crippen molar-refractivity contribution in [3.8, 4) is 11.3 Å². The Morgan fingerprint density at radius 2 is 2.00 bits per heavy atom. The molecule has 0 unspecified atom stereocenters. The maximum absolute atomic E-state index is 6.12. The fourth-order valence-corrected chi connectivity index (χ4v) is 1.86. The van der Waals surface area contributed by atoms with E-state index in [0.29, 0.717) is 5.02 Å². The molecule has 0 saturated heterocycles. The second-order valence-electron chi connectivity index (χ2n) is 3.43. The first kappa shape index (κ1) is 9.36. The van der Waals surface area contributed by atoms with Crippen LogP contribution in [0.25, 0.3) is 16.9 Å². The summed E-state index contributed by atoms with van der Waals surface area (Å²) < 4.78 is 1.73. The van der Waals surface area contributed by atoms with E-state index in [0.717, 1.165) is 16.9 Å². The smallest absolute Gasteiger partial charge is 0.155 e. The van der Waals surface area contributed by atoms with Crippen molar-refractivity contribution in [2.75, 3.05) is 0 Å². The third kappa shape index (κ3) is 1.46. The Bertz CT molecular complexity index is 612. The number of hydrogen-bond donors (Lipinski definition) is 0. The maximum Gasteiger partial charge on any atom is 0.155 e. The first-order valence-electron chi connectivity index (χ1n) is 4.90. The predicted octanol–water partition coefficient (Wildman–Crippen LogP) is 3.05. The van der Waals surface area contributed by atoms with Crippen molar-refractivity contribution in [2.24, 2.45) is 0 Å². The molecule has 0 fully saturated rings. The first-order valence-corrected chi connectivity index (χ1v) is 5.28. The van der Waals surface area contributed by atoms with Gasteiger partial charge in [-0.1, -0.05) is 29.8 Å². The Morgan fingerprint density at radius 1 is 1.12 bits per heavy atom. The van der Waals surface area contributed by atoms with Crippen LogP contribution in [0.15, 0.2) is 48.8 Å². The first-order chi connectivity index (χ1) is 7.84. The number of benzene rings is 1. The van der Waals surface area contributed by atoms with Crippen LogP contribution in [0, 0.1) is 0 Å². The van der Waals surface area contributed by atoms with E-state index in [4.69, 9.17) is 11.6 Å². The molecule has 0 atom stereocenters. The molecule has 0 aliphatic carbocycles. The second-order valence-corrected chi connectivity index (χ2v) is 3.84. The van der Waals surface area contributed by atoms with Crippen molar-refractivity contribution >= 4 is 17.2 Å². The third-order valence-corrected chi connectivity index (χ3v) is 2.72. The topological polar surface area (TPSA) is 30.2 Å². The van der Waals surface area contributed by atoms with Gasteiger partial charge in [0.15, 0.2) is 5.65 Å². The quantitative estimate of drug-likeness (QED) is 0.642. The highest BCUT2D eigenvalue weighted by atomic mass is 35.5. The lowest BCUT2D eigenvalue weighted by atomic mass is 10.1. The van der Waals surface area contributed by atoms with E-state index in [1.165, 1.54) is 0 Å². The number of rotatable bonds is 1. The average molecular weight is 230 g/mol. The molecule has 0 spiro atoms. The molecule has 0 aliphatic rings. The van der Waals surface area contributed by atoms with Gasteiger partial charge in [0.05, 0.1) is 10.7 Å². The van der Waals surface area contributed by atoms with Gasteiger partial charge in [-0.2, -0.15) is 5.10 Å². The summed E-state index contributed by atoms with van der Waals surface area (Å²) in [6.07, 6.45) is 3.61. The van der Waals surface area contributed by atoms with Gasteiger partial charge >= 0.3 is 0 Å². The summed E-state index contributed by atoms with van der Waals surface area (Å²) >= 11 is 6.12. The highest BCUT2D eigenvalue weighted by molar-refractivity contribution is 6.33. The minimum absolute atomic E-state index is 0.700. The molecule has 0 aliphatic heterocycles. The molecule has 0 radical (unpaired) electrons. The maximum atomic E-state index is 6.12. The van der Waals surface area contributed by atoms with Crippen LogP contribution in [-0.2, 0) is 0 Å². The summed E-state index contributed by atoms with van der Waals surface area (Å²) in [5.41, 5.74) is 2.58. The SMILES string of the molecule is Clc1ccccc1-c1cc2ncccn2n1. The molecule has 0 amide bonds. The lowest BCUT2D eigenvalue weighted by molar-refractivity contribution is 0.943. The lowest BCUT2D eigenvalue weighted by Gasteiger charge is -1.97. The van der Waals surface area contributed by atoms with E-state index >= 15 is 0 Å². The molecule has 0 bridgehead atoms. The summed E-state index contributed by atoms with van der Waals surface area (Å²) in [7, 11) is 0. The van der Waals surface area contributed by atoms with E-state index in [9.17, 15) is 0 Å². The van der Waals surface area contributed by atoms with Crippen LogP contribution >= 0.6 is 11.6 Å². The number of halogens is 1. The van der Waals surface area contributed by atoms with Crippen LogP contribution < -0.4 is 0 Å².